The van der Waals surface area contributed by atoms with E-state index in [0.717, 1.165) is 6.42 Å². The Morgan fingerprint density at radius 3 is 2.53 bits per heavy atom. The Kier molecular flexibility index (Phi) is 4.51. The van der Waals surface area contributed by atoms with Crippen LogP contribution in [0.1, 0.15) is 33.1 Å². The molecule has 1 aliphatic carbocycles. The van der Waals surface area contributed by atoms with Gasteiger partial charge >= 0.3 is 5.97 Å². The van der Waals surface area contributed by atoms with Crippen molar-refractivity contribution in [1.29, 1.82) is 0 Å². The van der Waals surface area contributed by atoms with Gasteiger partial charge in [-0.05, 0) is 24.7 Å². The topological polar surface area (TPSA) is 75.6 Å². The minimum Gasteiger partial charge on any atom is -0.480 e. The molecule has 1 fully saturated rings. The molecule has 1 rings (SSSR count). The number of nitrogens with one attached hydrogen (secondary N) is 1. The van der Waals surface area contributed by atoms with Gasteiger partial charge in [0.15, 0.2) is 0 Å². The average Bonchev–Trinajstić information content (AvgIpc) is 2.86. The van der Waals surface area contributed by atoms with Gasteiger partial charge in [-0.1, -0.05) is 13.8 Å². The first kappa shape index (κ1) is 14.0. The van der Waals surface area contributed by atoms with Crippen molar-refractivity contribution >= 4 is 11.9 Å². The van der Waals surface area contributed by atoms with Crippen LogP contribution < -0.4 is 5.32 Å². The lowest BCUT2D eigenvalue weighted by molar-refractivity contribution is -0.142. The molecule has 98 valence electrons. The number of methoxy groups -OCH3 is 1. The van der Waals surface area contributed by atoms with Crippen LogP contribution in [-0.2, 0) is 14.3 Å². The maximum atomic E-state index is 11.8. The van der Waals surface area contributed by atoms with Crippen LogP contribution in [0.15, 0.2) is 0 Å². The van der Waals surface area contributed by atoms with Crippen molar-refractivity contribution in [2.75, 3.05) is 13.7 Å². The van der Waals surface area contributed by atoms with Gasteiger partial charge in [-0.25, -0.2) is 4.79 Å². The fraction of sp³-hybridized carbons (Fsp3) is 0.833. The summed E-state index contributed by atoms with van der Waals surface area (Å²) in [5.41, 5.74) is 0.0274. The van der Waals surface area contributed by atoms with Crippen LogP contribution >= 0.6 is 0 Å². The molecule has 5 heteroatoms. The lowest BCUT2D eigenvalue weighted by Gasteiger charge is -2.14. The van der Waals surface area contributed by atoms with Crippen molar-refractivity contribution in [3.05, 3.63) is 0 Å². The number of carboxylic acids is 1. The Balaban J connectivity index is 2.39. The highest BCUT2D eigenvalue weighted by Gasteiger charge is 2.51. The van der Waals surface area contributed by atoms with Crippen molar-refractivity contribution in [1.82, 2.24) is 5.32 Å². The standard InChI is InChI=1S/C12H21NO4/c1-12(2)7-8(12)10(14)13-9(11(15)16)5-4-6-17-3/h8-9H,4-7H2,1-3H3,(H,13,14)(H,15,16). The highest BCUT2D eigenvalue weighted by molar-refractivity contribution is 5.87. The number of hydrogen-bond donors (Lipinski definition) is 2. The highest BCUT2D eigenvalue weighted by atomic mass is 16.5. The second-order valence-corrected chi connectivity index (χ2v) is 5.28. The molecule has 0 radical (unpaired) electrons. The third-order valence-electron chi connectivity index (χ3n) is 3.29. The lowest BCUT2D eigenvalue weighted by Crippen LogP contribution is -2.42. The first-order chi connectivity index (χ1) is 7.88. The molecule has 0 aromatic carbocycles. The van der Waals surface area contributed by atoms with Crippen molar-refractivity contribution in [2.24, 2.45) is 11.3 Å². The first-order valence-electron chi connectivity index (χ1n) is 5.90. The predicted molar refractivity (Wildman–Crippen MR) is 62.6 cm³/mol. The third kappa shape index (κ3) is 4.00. The summed E-state index contributed by atoms with van der Waals surface area (Å²) >= 11 is 0. The summed E-state index contributed by atoms with van der Waals surface area (Å²) in [6.45, 7) is 4.53. The Hall–Kier alpha value is -1.10. The Morgan fingerprint density at radius 2 is 2.12 bits per heavy atom. The monoisotopic (exact) mass is 243 g/mol. The molecule has 2 N–H and O–H groups in total. The number of hydrogen-bond acceptors (Lipinski definition) is 3. The third-order valence-corrected chi connectivity index (χ3v) is 3.29. The molecule has 0 aliphatic heterocycles. The molecule has 2 atom stereocenters. The summed E-state index contributed by atoms with van der Waals surface area (Å²) < 4.78 is 4.86. The molecule has 1 amide bonds. The lowest BCUT2D eigenvalue weighted by atomic mass is 10.1. The second-order valence-electron chi connectivity index (χ2n) is 5.28. The Morgan fingerprint density at radius 1 is 1.53 bits per heavy atom. The van der Waals surface area contributed by atoms with E-state index in [-0.39, 0.29) is 17.2 Å². The van der Waals surface area contributed by atoms with Crippen LogP contribution in [0.3, 0.4) is 0 Å². The van der Waals surface area contributed by atoms with Crippen LogP contribution in [0.5, 0.6) is 0 Å². The molecule has 1 saturated carbocycles. The molecule has 5 nitrogen and oxygen atoms in total. The molecule has 0 spiro atoms. The quantitative estimate of drug-likeness (QED) is 0.655. The van der Waals surface area contributed by atoms with E-state index in [0.29, 0.717) is 19.4 Å². The highest BCUT2D eigenvalue weighted by Crippen LogP contribution is 2.51. The van der Waals surface area contributed by atoms with Crippen LogP contribution in [0, 0.1) is 11.3 Å². The summed E-state index contributed by atoms with van der Waals surface area (Å²) in [6, 6.07) is -0.797. The summed E-state index contributed by atoms with van der Waals surface area (Å²) in [4.78, 5) is 22.7. The molecule has 0 aromatic heterocycles. The van der Waals surface area contributed by atoms with E-state index in [1.54, 1.807) is 7.11 Å². The minimum atomic E-state index is -0.979. The van der Waals surface area contributed by atoms with Gasteiger partial charge in [0.25, 0.3) is 0 Å². The summed E-state index contributed by atoms with van der Waals surface area (Å²) in [6.07, 6.45) is 1.87. The van der Waals surface area contributed by atoms with Crippen LogP contribution in [0.2, 0.25) is 0 Å². The molecular formula is C12H21NO4. The van der Waals surface area contributed by atoms with Gasteiger partial charge in [0.05, 0.1) is 0 Å². The number of carbonyl (C=O) groups is 2. The number of rotatable bonds is 7. The normalized spacial score (nSPS) is 22.9. The van der Waals surface area contributed by atoms with Crippen molar-refractivity contribution in [3.8, 4) is 0 Å². The summed E-state index contributed by atoms with van der Waals surface area (Å²) in [5, 5.41) is 11.6. The number of carboxylic acid groups (broad SMARTS) is 1. The van der Waals surface area contributed by atoms with Crippen LogP contribution in [-0.4, -0.2) is 36.7 Å². The van der Waals surface area contributed by atoms with Gasteiger partial charge in [0.2, 0.25) is 5.91 Å². The van der Waals surface area contributed by atoms with Gasteiger partial charge in [0.1, 0.15) is 6.04 Å². The zero-order valence-electron chi connectivity index (χ0n) is 10.7. The fourth-order valence-electron chi connectivity index (χ4n) is 1.88. The molecular weight excluding hydrogens is 222 g/mol. The van der Waals surface area contributed by atoms with Gasteiger partial charge < -0.3 is 15.2 Å². The zero-order valence-corrected chi connectivity index (χ0v) is 10.7. The van der Waals surface area contributed by atoms with Crippen LogP contribution in [0.4, 0.5) is 0 Å². The molecule has 2 unspecified atom stereocenters. The largest absolute Gasteiger partial charge is 0.480 e. The average molecular weight is 243 g/mol. The van der Waals surface area contributed by atoms with Crippen molar-refractivity contribution < 1.29 is 19.4 Å². The SMILES string of the molecule is COCCCC(NC(=O)C1CC1(C)C)C(=O)O. The van der Waals surface area contributed by atoms with Crippen LogP contribution in [0.25, 0.3) is 0 Å². The smallest absolute Gasteiger partial charge is 0.326 e. The van der Waals surface area contributed by atoms with E-state index in [9.17, 15) is 9.59 Å². The summed E-state index contributed by atoms with van der Waals surface area (Å²) in [5.74, 6) is -1.15. The van der Waals surface area contributed by atoms with E-state index in [1.807, 2.05) is 13.8 Å². The number of carbonyl (C=O) groups excluding carboxylic acids is 1. The second kappa shape index (κ2) is 5.49. The van der Waals surface area contributed by atoms with Crippen molar-refractivity contribution in [2.45, 2.75) is 39.2 Å². The minimum absolute atomic E-state index is 0.0274. The molecule has 17 heavy (non-hydrogen) atoms. The maximum absolute atomic E-state index is 11.8. The Labute approximate surface area is 102 Å². The molecule has 1 aliphatic rings. The number of aliphatic carboxylic acids is 1. The maximum Gasteiger partial charge on any atom is 0.326 e. The Bertz CT molecular complexity index is 301. The fourth-order valence-corrected chi connectivity index (χ4v) is 1.88. The van der Waals surface area contributed by atoms with E-state index in [2.05, 4.69) is 5.32 Å². The van der Waals surface area contributed by atoms with E-state index in [4.69, 9.17) is 9.84 Å². The van der Waals surface area contributed by atoms with E-state index < -0.39 is 12.0 Å². The summed E-state index contributed by atoms with van der Waals surface area (Å²) in [7, 11) is 1.57. The number of ether oxygens (including phenoxy) is 1. The van der Waals surface area contributed by atoms with E-state index in [1.165, 1.54) is 0 Å². The first-order valence-corrected chi connectivity index (χ1v) is 5.90. The van der Waals surface area contributed by atoms with Gasteiger partial charge in [-0.15, -0.1) is 0 Å². The molecule has 0 aromatic rings. The zero-order chi connectivity index (χ0) is 13.1. The molecule has 0 heterocycles. The predicted octanol–water partition coefficient (Wildman–Crippen LogP) is 1.03. The molecule has 0 saturated heterocycles. The number of amides is 1. The van der Waals surface area contributed by atoms with E-state index >= 15 is 0 Å². The van der Waals surface area contributed by atoms with Gasteiger partial charge in [-0.2, -0.15) is 0 Å². The molecule has 0 bridgehead atoms. The van der Waals surface area contributed by atoms with Crippen molar-refractivity contribution in [3.63, 3.8) is 0 Å². The van der Waals surface area contributed by atoms with Gasteiger partial charge in [0, 0.05) is 19.6 Å². The van der Waals surface area contributed by atoms with Gasteiger partial charge in [-0.3, -0.25) is 4.79 Å².